The van der Waals surface area contributed by atoms with Crippen molar-refractivity contribution >= 4 is 32.4 Å². The fourth-order valence-corrected chi connectivity index (χ4v) is 3.60. The van der Waals surface area contributed by atoms with Gasteiger partial charge in [0.25, 0.3) is 0 Å². The maximum atomic E-state index is 11.3. The Balaban J connectivity index is 3.41. The van der Waals surface area contributed by atoms with E-state index in [1.165, 1.54) is 12.5 Å². The zero-order valence-electron chi connectivity index (χ0n) is 7.41. The molecule has 0 amide bonds. The van der Waals surface area contributed by atoms with Gasteiger partial charge in [0.2, 0.25) is 0 Å². The van der Waals surface area contributed by atoms with Gasteiger partial charge < -0.3 is 0 Å². The van der Waals surface area contributed by atoms with Crippen molar-refractivity contribution in [3.8, 4) is 0 Å². The first-order valence-corrected chi connectivity index (χ1v) is 6.77. The molecule has 1 aromatic heterocycles. The predicted molar refractivity (Wildman–Crippen MR) is 59.4 cm³/mol. The smallest absolute Gasteiger partial charge is 0.193 e. The standard InChI is InChI=1S/C8H10INO2S/c1-3-6-4-5-10-8(7(6)9)13(2,11)12/h4-5H,3H2,1-2H3. The molecule has 3 nitrogen and oxygen atoms in total. The molecule has 0 aliphatic rings. The van der Waals surface area contributed by atoms with Crippen LogP contribution in [0.15, 0.2) is 17.3 Å². The van der Waals surface area contributed by atoms with Crippen LogP contribution in [0.5, 0.6) is 0 Å². The summed E-state index contributed by atoms with van der Waals surface area (Å²) in [6.07, 6.45) is 3.54. The lowest BCUT2D eigenvalue weighted by atomic mass is 10.2. The van der Waals surface area contributed by atoms with Crippen LogP contribution in [0.4, 0.5) is 0 Å². The fourth-order valence-electron chi connectivity index (χ4n) is 0.994. The summed E-state index contributed by atoms with van der Waals surface area (Å²) in [5.41, 5.74) is 1.02. The van der Waals surface area contributed by atoms with Gasteiger partial charge in [-0.25, -0.2) is 13.4 Å². The van der Waals surface area contributed by atoms with Crippen molar-refractivity contribution in [1.82, 2.24) is 4.98 Å². The van der Waals surface area contributed by atoms with Crippen molar-refractivity contribution in [2.45, 2.75) is 18.4 Å². The maximum Gasteiger partial charge on any atom is 0.193 e. The highest BCUT2D eigenvalue weighted by atomic mass is 127. The van der Waals surface area contributed by atoms with Gasteiger partial charge >= 0.3 is 0 Å². The number of sulfone groups is 1. The molecule has 0 aliphatic carbocycles. The summed E-state index contributed by atoms with van der Waals surface area (Å²) < 4.78 is 23.2. The number of halogens is 1. The lowest BCUT2D eigenvalue weighted by Crippen LogP contribution is -2.05. The van der Waals surface area contributed by atoms with Crippen molar-refractivity contribution in [2.24, 2.45) is 0 Å². The molecule has 13 heavy (non-hydrogen) atoms. The van der Waals surface area contributed by atoms with Gasteiger partial charge in [-0.2, -0.15) is 0 Å². The molecule has 0 aliphatic heterocycles. The summed E-state index contributed by atoms with van der Waals surface area (Å²) >= 11 is 2.02. The molecule has 0 N–H and O–H groups in total. The molecule has 0 aromatic carbocycles. The monoisotopic (exact) mass is 311 g/mol. The van der Waals surface area contributed by atoms with E-state index in [1.807, 2.05) is 35.6 Å². The SMILES string of the molecule is CCc1ccnc(S(C)(=O)=O)c1I. The molecule has 0 fully saturated rings. The topological polar surface area (TPSA) is 47.0 Å². The van der Waals surface area contributed by atoms with Crippen LogP contribution in [0.2, 0.25) is 0 Å². The van der Waals surface area contributed by atoms with Crippen molar-refractivity contribution in [2.75, 3.05) is 6.26 Å². The molecule has 0 radical (unpaired) electrons. The molecule has 0 unspecified atom stereocenters. The zero-order chi connectivity index (χ0) is 10.1. The molecular formula is C8H10INO2S. The number of hydrogen-bond donors (Lipinski definition) is 0. The van der Waals surface area contributed by atoms with Crippen LogP contribution in [-0.2, 0) is 16.3 Å². The van der Waals surface area contributed by atoms with Crippen LogP contribution in [0, 0.1) is 3.57 Å². The number of nitrogens with zero attached hydrogens (tertiary/aromatic N) is 1. The van der Waals surface area contributed by atoms with Crippen LogP contribution in [-0.4, -0.2) is 19.7 Å². The number of rotatable bonds is 2. The number of pyridine rings is 1. The van der Waals surface area contributed by atoms with E-state index in [0.29, 0.717) is 0 Å². The second-order valence-corrected chi connectivity index (χ2v) is 5.72. The molecule has 1 rings (SSSR count). The molecular weight excluding hydrogens is 301 g/mol. The molecule has 0 saturated carbocycles. The Kier molecular flexibility index (Phi) is 3.28. The van der Waals surface area contributed by atoms with Gasteiger partial charge in [0, 0.05) is 12.5 Å². The normalized spacial score (nSPS) is 11.6. The fraction of sp³-hybridized carbons (Fsp3) is 0.375. The van der Waals surface area contributed by atoms with E-state index in [2.05, 4.69) is 4.98 Å². The average molecular weight is 311 g/mol. The Hall–Kier alpha value is -0.170. The second-order valence-electron chi connectivity index (χ2n) is 2.71. The number of aryl methyl sites for hydroxylation is 1. The van der Waals surface area contributed by atoms with Gasteiger partial charge in [-0.15, -0.1) is 0 Å². The summed E-state index contributed by atoms with van der Waals surface area (Å²) in [7, 11) is -3.18. The molecule has 72 valence electrons. The second kappa shape index (κ2) is 3.91. The maximum absolute atomic E-state index is 11.3. The molecule has 5 heteroatoms. The Bertz CT molecular complexity index is 414. The van der Waals surface area contributed by atoms with Crippen LogP contribution in [0.3, 0.4) is 0 Å². The van der Waals surface area contributed by atoms with Gasteiger partial charge in [-0.05, 0) is 40.6 Å². The molecule has 0 bridgehead atoms. The Morgan fingerprint density at radius 3 is 2.62 bits per heavy atom. The predicted octanol–water partition coefficient (Wildman–Crippen LogP) is 1.65. The van der Waals surface area contributed by atoms with Crippen LogP contribution >= 0.6 is 22.6 Å². The highest BCUT2D eigenvalue weighted by Crippen LogP contribution is 2.19. The summed E-state index contributed by atoms with van der Waals surface area (Å²) in [5, 5.41) is 0.187. The lowest BCUT2D eigenvalue weighted by molar-refractivity contribution is 0.597. The van der Waals surface area contributed by atoms with Crippen molar-refractivity contribution in [3.05, 3.63) is 21.4 Å². The molecule has 0 atom stereocenters. The van der Waals surface area contributed by atoms with Crippen LogP contribution < -0.4 is 0 Å². The van der Waals surface area contributed by atoms with Crippen molar-refractivity contribution in [3.63, 3.8) is 0 Å². The minimum absolute atomic E-state index is 0.187. The van der Waals surface area contributed by atoms with E-state index in [1.54, 1.807) is 0 Å². The largest absolute Gasteiger partial charge is 0.244 e. The summed E-state index contributed by atoms with van der Waals surface area (Å²) in [5.74, 6) is 0. The third-order valence-electron chi connectivity index (χ3n) is 1.67. The highest BCUT2D eigenvalue weighted by Gasteiger charge is 2.14. The molecule has 0 spiro atoms. The van der Waals surface area contributed by atoms with E-state index >= 15 is 0 Å². The molecule has 1 heterocycles. The summed E-state index contributed by atoms with van der Waals surface area (Å²) in [6, 6.07) is 1.84. The Morgan fingerprint density at radius 2 is 2.15 bits per heavy atom. The van der Waals surface area contributed by atoms with Crippen LogP contribution in [0.25, 0.3) is 0 Å². The third-order valence-corrected chi connectivity index (χ3v) is 4.25. The van der Waals surface area contributed by atoms with E-state index in [9.17, 15) is 8.42 Å². The lowest BCUT2D eigenvalue weighted by Gasteiger charge is -2.04. The van der Waals surface area contributed by atoms with Gasteiger partial charge in [0.1, 0.15) is 0 Å². The van der Waals surface area contributed by atoms with Crippen molar-refractivity contribution < 1.29 is 8.42 Å². The minimum Gasteiger partial charge on any atom is -0.244 e. The van der Waals surface area contributed by atoms with Gasteiger partial charge in [0.05, 0.1) is 3.57 Å². The quantitative estimate of drug-likeness (QED) is 0.780. The first kappa shape index (κ1) is 10.9. The van der Waals surface area contributed by atoms with E-state index < -0.39 is 9.84 Å². The first-order chi connectivity index (χ1) is 5.96. The van der Waals surface area contributed by atoms with Gasteiger partial charge in [0.15, 0.2) is 14.9 Å². The number of hydrogen-bond acceptors (Lipinski definition) is 3. The van der Waals surface area contributed by atoms with Gasteiger partial charge in [-0.1, -0.05) is 6.92 Å². The van der Waals surface area contributed by atoms with E-state index in [-0.39, 0.29) is 5.03 Å². The summed E-state index contributed by atoms with van der Waals surface area (Å²) in [6.45, 7) is 1.99. The Labute approximate surface area is 91.6 Å². The van der Waals surface area contributed by atoms with Gasteiger partial charge in [-0.3, -0.25) is 0 Å². The number of aromatic nitrogens is 1. The third kappa shape index (κ3) is 2.40. The van der Waals surface area contributed by atoms with E-state index in [0.717, 1.165) is 15.6 Å². The van der Waals surface area contributed by atoms with E-state index in [4.69, 9.17) is 0 Å². The molecule has 1 aromatic rings. The average Bonchev–Trinajstić information content (AvgIpc) is 2.02. The minimum atomic E-state index is -3.18. The highest BCUT2D eigenvalue weighted by molar-refractivity contribution is 14.1. The Morgan fingerprint density at radius 1 is 1.54 bits per heavy atom. The van der Waals surface area contributed by atoms with Crippen LogP contribution in [0.1, 0.15) is 12.5 Å². The summed E-state index contributed by atoms with van der Waals surface area (Å²) in [4.78, 5) is 3.86. The first-order valence-electron chi connectivity index (χ1n) is 3.80. The molecule has 0 saturated heterocycles. The van der Waals surface area contributed by atoms with Crippen molar-refractivity contribution in [1.29, 1.82) is 0 Å². The zero-order valence-corrected chi connectivity index (χ0v) is 10.4.